The number of nitrogens with one attached hydrogen (secondary N) is 2. The van der Waals surface area contributed by atoms with Gasteiger partial charge in [0.2, 0.25) is 17.7 Å². The van der Waals surface area contributed by atoms with Gasteiger partial charge in [-0.3, -0.25) is 19.2 Å². The molecule has 2 aromatic carbocycles. The molecule has 12 nitrogen and oxygen atoms in total. The highest BCUT2D eigenvalue weighted by molar-refractivity contribution is 5.92. The van der Waals surface area contributed by atoms with E-state index < -0.39 is 54.5 Å². The summed E-state index contributed by atoms with van der Waals surface area (Å²) in [5, 5.41) is 16.2. The van der Waals surface area contributed by atoms with Crippen LogP contribution >= 0.6 is 0 Å². The molecule has 1 aliphatic rings. The minimum atomic E-state index is -1.71. The van der Waals surface area contributed by atoms with Crippen LogP contribution in [-0.2, 0) is 36.9 Å². The van der Waals surface area contributed by atoms with E-state index in [2.05, 4.69) is 10.6 Å². The molecule has 12 heteroatoms. The van der Waals surface area contributed by atoms with Gasteiger partial charge in [-0.15, -0.1) is 0 Å². The fourth-order valence-electron chi connectivity index (χ4n) is 4.64. The van der Waals surface area contributed by atoms with E-state index in [9.17, 15) is 29.1 Å². The molecule has 3 rings (SSSR count). The standard InChI is InChI=1S/C29H37N5O7/c1-33(2)27(38)23-14-9-15-34(23)28(39)25(36)21(16-19-10-5-3-6-11-19)31-26(37)22(17-24(30)35)32-29(40)41-18-20-12-7-4-8-13-20/h3-8,10-13,21-23,25,36H,9,14-18H2,1-2H3,(H2,30,35)(H,31,37)(H,32,40). The first-order chi connectivity index (χ1) is 19.6. The van der Waals surface area contributed by atoms with Gasteiger partial charge in [0.25, 0.3) is 5.91 Å². The lowest BCUT2D eigenvalue weighted by Crippen LogP contribution is -2.58. The second kappa shape index (κ2) is 14.8. The third-order valence-corrected chi connectivity index (χ3v) is 6.75. The molecule has 4 unspecified atom stereocenters. The molecule has 0 radical (unpaired) electrons. The van der Waals surface area contributed by atoms with Crippen LogP contribution in [-0.4, -0.2) is 89.5 Å². The van der Waals surface area contributed by atoms with Crippen LogP contribution in [0.4, 0.5) is 4.79 Å². The Balaban J connectivity index is 1.76. The number of nitrogens with zero attached hydrogens (tertiary/aromatic N) is 2. The monoisotopic (exact) mass is 567 g/mol. The zero-order valence-electron chi connectivity index (χ0n) is 23.2. The van der Waals surface area contributed by atoms with Crippen LogP contribution in [0.3, 0.4) is 0 Å². The summed E-state index contributed by atoms with van der Waals surface area (Å²) in [6.07, 6.45) is -2.10. The Labute approximate surface area is 238 Å². The number of hydrogen-bond donors (Lipinski definition) is 4. The number of aliphatic hydroxyl groups is 1. The molecular weight excluding hydrogens is 530 g/mol. The Morgan fingerprint density at radius 1 is 1.00 bits per heavy atom. The van der Waals surface area contributed by atoms with Crippen molar-refractivity contribution in [3.05, 3.63) is 71.8 Å². The summed E-state index contributed by atoms with van der Waals surface area (Å²) in [7, 11) is 3.18. The second-order valence-corrected chi connectivity index (χ2v) is 10.1. The molecule has 41 heavy (non-hydrogen) atoms. The molecule has 0 saturated carbocycles. The predicted molar refractivity (Wildman–Crippen MR) is 149 cm³/mol. The van der Waals surface area contributed by atoms with Crippen LogP contribution in [0.25, 0.3) is 0 Å². The van der Waals surface area contributed by atoms with Gasteiger partial charge in [0, 0.05) is 20.6 Å². The number of primary amides is 1. The summed E-state index contributed by atoms with van der Waals surface area (Å²) in [5.74, 6) is -2.65. The van der Waals surface area contributed by atoms with Crippen molar-refractivity contribution in [2.75, 3.05) is 20.6 Å². The zero-order valence-corrected chi connectivity index (χ0v) is 23.2. The van der Waals surface area contributed by atoms with E-state index in [4.69, 9.17) is 10.5 Å². The Morgan fingerprint density at radius 2 is 1.61 bits per heavy atom. The van der Waals surface area contributed by atoms with Gasteiger partial charge in [-0.05, 0) is 30.4 Å². The number of likely N-dealkylation sites (tertiary alicyclic amines) is 1. The molecule has 0 bridgehead atoms. The molecule has 1 aliphatic heterocycles. The van der Waals surface area contributed by atoms with Gasteiger partial charge in [-0.25, -0.2) is 4.79 Å². The molecule has 5 amide bonds. The molecule has 1 heterocycles. The summed E-state index contributed by atoms with van der Waals surface area (Å²) in [6.45, 7) is 0.218. The fourth-order valence-corrected chi connectivity index (χ4v) is 4.64. The molecule has 1 saturated heterocycles. The Morgan fingerprint density at radius 3 is 2.20 bits per heavy atom. The van der Waals surface area contributed by atoms with E-state index in [1.54, 1.807) is 68.7 Å². The van der Waals surface area contributed by atoms with Crippen LogP contribution in [0.2, 0.25) is 0 Å². The number of ether oxygens (including phenoxy) is 1. The molecule has 1 fully saturated rings. The van der Waals surface area contributed by atoms with Crippen LogP contribution in [0.1, 0.15) is 30.4 Å². The summed E-state index contributed by atoms with van der Waals surface area (Å²) in [4.78, 5) is 66.3. The largest absolute Gasteiger partial charge is 0.445 e. The quantitative estimate of drug-likeness (QED) is 0.286. The summed E-state index contributed by atoms with van der Waals surface area (Å²) in [5.41, 5.74) is 6.76. The average Bonchev–Trinajstić information content (AvgIpc) is 3.45. The van der Waals surface area contributed by atoms with E-state index in [1.165, 1.54) is 9.80 Å². The predicted octanol–water partition coefficient (Wildman–Crippen LogP) is 0.324. The van der Waals surface area contributed by atoms with Crippen LogP contribution in [0.15, 0.2) is 60.7 Å². The van der Waals surface area contributed by atoms with E-state index >= 15 is 0 Å². The molecule has 0 aliphatic carbocycles. The van der Waals surface area contributed by atoms with Gasteiger partial charge in [-0.1, -0.05) is 60.7 Å². The zero-order chi connectivity index (χ0) is 29.9. The Kier molecular flexibility index (Phi) is 11.2. The van der Waals surface area contributed by atoms with E-state index in [1.807, 2.05) is 6.07 Å². The van der Waals surface area contributed by atoms with E-state index in [0.717, 1.165) is 5.56 Å². The first-order valence-electron chi connectivity index (χ1n) is 13.4. The number of carbonyl (C=O) groups is 5. The van der Waals surface area contributed by atoms with Crippen LogP contribution < -0.4 is 16.4 Å². The minimum absolute atomic E-state index is 0.0569. The molecule has 5 N–H and O–H groups in total. The molecule has 0 spiro atoms. The van der Waals surface area contributed by atoms with Crippen molar-refractivity contribution in [3.63, 3.8) is 0 Å². The van der Waals surface area contributed by atoms with Crippen LogP contribution in [0, 0.1) is 0 Å². The topological polar surface area (TPSA) is 171 Å². The number of amides is 5. The van der Waals surface area contributed by atoms with Crippen molar-refractivity contribution in [3.8, 4) is 0 Å². The van der Waals surface area contributed by atoms with Crippen molar-refractivity contribution in [2.45, 2.75) is 56.5 Å². The maximum atomic E-state index is 13.4. The third-order valence-electron chi connectivity index (χ3n) is 6.75. The highest BCUT2D eigenvalue weighted by Gasteiger charge is 2.40. The van der Waals surface area contributed by atoms with E-state index in [0.29, 0.717) is 18.4 Å². The van der Waals surface area contributed by atoms with Gasteiger partial charge in [-0.2, -0.15) is 0 Å². The van der Waals surface area contributed by atoms with Crippen molar-refractivity contribution in [2.24, 2.45) is 5.73 Å². The van der Waals surface area contributed by atoms with Crippen molar-refractivity contribution in [1.29, 1.82) is 0 Å². The summed E-state index contributed by atoms with van der Waals surface area (Å²) in [6, 6.07) is 14.5. The molecule has 220 valence electrons. The number of likely N-dealkylation sites (N-methyl/N-ethyl adjacent to an activating group) is 1. The van der Waals surface area contributed by atoms with Crippen LogP contribution in [0.5, 0.6) is 0 Å². The van der Waals surface area contributed by atoms with Gasteiger partial charge in [0.1, 0.15) is 18.7 Å². The molecule has 4 atom stereocenters. The third kappa shape index (κ3) is 9.04. The first kappa shape index (κ1) is 31.1. The van der Waals surface area contributed by atoms with Crippen molar-refractivity contribution in [1.82, 2.24) is 20.4 Å². The molecular formula is C29H37N5O7. The minimum Gasteiger partial charge on any atom is -0.445 e. The molecule has 0 aromatic heterocycles. The van der Waals surface area contributed by atoms with Gasteiger partial charge < -0.3 is 36.0 Å². The van der Waals surface area contributed by atoms with Crippen molar-refractivity contribution < 1.29 is 33.8 Å². The Hall–Kier alpha value is -4.45. The normalized spacial score (nSPS) is 16.7. The molecule has 2 aromatic rings. The lowest BCUT2D eigenvalue weighted by molar-refractivity contribution is -0.149. The summed E-state index contributed by atoms with van der Waals surface area (Å²) < 4.78 is 5.17. The number of nitrogens with two attached hydrogens (primary N) is 1. The summed E-state index contributed by atoms with van der Waals surface area (Å²) >= 11 is 0. The highest BCUT2D eigenvalue weighted by atomic mass is 16.5. The fraction of sp³-hybridized carbons (Fsp3) is 0.414. The maximum absolute atomic E-state index is 13.4. The number of aliphatic hydroxyl groups excluding tert-OH is 1. The SMILES string of the molecule is CN(C)C(=O)C1CCCN1C(=O)C(O)C(Cc1ccccc1)NC(=O)C(CC(N)=O)NC(=O)OCc1ccccc1. The first-order valence-corrected chi connectivity index (χ1v) is 13.4. The highest BCUT2D eigenvalue weighted by Crippen LogP contribution is 2.21. The van der Waals surface area contributed by atoms with Crippen molar-refractivity contribution >= 4 is 29.7 Å². The average molecular weight is 568 g/mol. The second-order valence-electron chi connectivity index (χ2n) is 10.1. The lowest BCUT2D eigenvalue weighted by atomic mass is 9.99. The van der Waals surface area contributed by atoms with E-state index in [-0.39, 0.29) is 25.5 Å². The smallest absolute Gasteiger partial charge is 0.408 e. The van der Waals surface area contributed by atoms with Gasteiger partial charge in [0.05, 0.1) is 12.5 Å². The number of rotatable bonds is 12. The lowest BCUT2D eigenvalue weighted by Gasteiger charge is -2.32. The van der Waals surface area contributed by atoms with Gasteiger partial charge in [0.15, 0.2) is 6.10 Å². The number of hydrogen-bond acceptors (Lipinski definition) is 7. The number of alkyl carbamates (subject to hydrolysis) is 1. The maximum Gasteiger partial charge on any atom is 0.408 e. The number of benzene rings is 2. The van der Waals surface area contributed by atoms with Gasteiger partial charge >= 0.3 is 6.09 Å². The number of carbonyl (C=O) groups excluding carboxylic acids is 5. The Bertz CT molecular complexity index is 1210.